The second-order valence-electron chi connectivity index (χ2n) is 2.88. The summed E-state index contributed by atoms with van der Waals surface area (Å²) < 4.78 is 4.91. The molecule has 0 unspecified atom stereocenters. The van der Waals surface area contributed by atoms with Crippen LogP contribution in [0.15, 0.2) is 18.2 Å². The largest absolute Gasteiger partial charge is 0.412 e. The Bertz CT molecular complexity index is 377. The molecule has 0 aromatic heterocycles. The lowest BCUT2D eigenvalue weighted by molar-refractivity contribution is -0.105. The molecule has 80 valence electrons. The maximum absolute atomic E-state index is 10.9. The quantitative estimate of drug-likeness (QED) is 0.735. The van der Waals surface area contributed by atoms with Crippen molar-refractivity contribution in [1.82, 2.24) is 5.32 Å². The molecule has 15 heavy (non-hydrogen) atoms. The van der Waals surface area contributed by atoms with Gasteiger partial charge in [-0.2, -0.15) is 0 Å². The first kappa shape index (κ1) is 11.0. The Morgan fingerprint density at radius 2 is 2.20 bits per heavy atom. The van der Waals surface area contributed by atoms with Gasteiger partial charge in [0.05, 0.1) is 0 Å². The molecule has 0 spiro atoms. The fraction of sp³-hybridized carbons (Fsp3) is 0.200. The highest BCUT2D eigenvalue weighted by Gasteiger charge is 2.03. The summed E-state index contributed by atoms with van der Waals surface area (Å²) in [6.07, 6.45) is 0.0761. The average molecular weight is 208 g/mol. The molecule has 5 heteroatoms. The number of aryl methyl sites for hydroxylation is 1. The monoisotopic (exact) mass is 208 g/mol. The van der Waals surface area contributed by atoms with Crippen LogP contribution >= 0.6 is 0 Å². The van der Waals surface area contributed by atoms with E-state index < -0.39 is 6.09 Å². The van der Waals surface area contributed by atoms with Gasteiger partial charge < -0.3 is 15.4 Å². The summed E-state index contributed by atoms with van der Waals surface area (Å²) in [6.45, 7) is 1.81. The molecule has 0 bridgehead atoms. The van der Waals surface area contributed by atoms with Gasteiger partial charge in [-0.25, -0.2) is 4.79 Å². The first-order valence-electron chi connectivity index (χ1n) is 4.37. The molecule has 0 saturated heterocycles. The Morgan fingerprint density at radius 3 is 2.73 bits per heavy atom. The minimum atomic E-state index is -0.523. The van der Waals surface area contributed by atoms with Crippen molar-refractivity contribution in [2.75, 3.05) is 12.4 Å². The van der Waals surface area contributed by atoms with Gasteiger partial charge in [0, 0.05) is 12.7 Å². The van der Waals surface area contributed by atoms with E-state index >= 15 is 0 Å². The van der Waals surface area contributed by atoms with E-state index in [4.69, 9.17) is 4.74 Å². The van der Waals surface area contributed by atoms with E-state index in [0.29, 0.717) is 17.8 Å². The summed E-state index contributed by atoms with van der Waals surface area (Å²) in [5.74, 6) is 0.434. The normalized spacial score (nSPS) is 9.20. The third kappa shape index (κ3) is 2.98. The summed E-state index contributed by atoms with van der Waals surface area (Å²) >= 11 is 0. The van der Waals surface area contributed by atoms with Crippen molar-refractivity contribution in [3.8, 4) is 5.75 Å². The first-order chi connectivity index (χ1) is 7.17. The SMILES string of the molecule is CNC(=O)Oc1ccc(NC=O)c(C)c1. The molecule has 0 saturated carbocycles. The number of anilines is 1. The summed E-state index contributed by atoms with van der Waals surface area (Å²) in [6, 6.07) is 4.94. The minimum absolute atomic E-state index is 0.434. The van der Waals surface area contributed by atoms with Gasteiger partial charge in [-0.05, 0) is 30.7 Å². The highest BCUT2D eigenvalue weighted by Crippen LogP contribution is 2.20. The van der Waals surface area contributed by atoms with E-state index in [9.17, 15) is 9.59 Å². The van der Waals surface area contributed by atoms with Crippen molar-refractivity contribution in [2.45, 2.75) is 6.92 Å². The minimum Gasteiger partial charge on any atom is -0.410 e. The van der Waals surface area contributed by atoms with Crippen molar-refractivity contribution in [3.63, 3.8) is 0 Å². The van der Waals surface area contributed by atoms with Gasteiger partial charge in [0.1, 0.15) is 5.75 Å². The fourth-order valence-electron chi connectivity index (χ4n) is 1.08. The molecule has 1 aromatic rings. The topological polar surface area (TPSA) is 67.4 Å². The predicted octanol–water partition coefficient (Wildman–Crippen LogP) is 1.28. The van der Waals surface area contributed by atoms with Crippen molar-refractivity contribution in [3.05, 3.63) is 23.8 Å². The van der Waals surface area contributed by atoms with Gasteiger partial charge in [-0.15, -0.1) is 0 Å². The van der Waals surface area contributed by atoms with Crippen LogP contribution in [-0.2, 0) is 4.79 Å². The van der Waals surface area contributed by atoms with E-state index in [-0.39, 0.29) is 0 Å². The molecule has 0 radical (unpaired) electrons. The second kappa shape index (κ2) is 4.99. The Kier molecular flexibility index (Phi) is 3.68. The standard InChI is InChI=1S/C10H12N2O3/c1-7-5-8(15-10(14)11-2)3-4-9(7)12-6-13/h3-6H,1-2H3,(H,11,14)(H,12,13). The van der Waals surface area contributed by atoms with Crippen molar-refractivity contribution in [1.29, 1.82) is 0 Å². The Labute approximate surface area is 87.4 Å². The molecule has 2 amide bonds. The summed E-state index contributed by atoms with van der Waals surface area (Å²) in [5.41, 5.74) is 1.51. The van der Waals surface area contributed by atoms with E-state index in [1.165, 1.54) is 7.05 Å². The van der Waals surface area contributed by atoms with Crippen LogP contribution in [0.1, 0.15) is 5.56 Å². The molecule has 0 aliphatic carbocycles. The van der Waals surface area contributed by atoms with Crippen LogP contribution in [-0.4, -0.2) is 19.6 Å². The van der Waals surface area contributed by atoms with Gasteiger partial charge >= 0.3 is 6.09 Å². The zero-order valence-corrected chi connectivity index (χ0v) is 8.53. The molecular weight excluding hydrogens is 196 g/mol. The van der Waals surface area contributed by atoms with Gasteiger partial charge in [0.2, 0.25) is 6.41 Å². The lowest BCUT2D eigenvalue weighted by Gasteiger charge is -2.07. The maximum Gasteiger partial charge on any atom is 0.412 e. The highest BCUT2D eigenvalue weighted by molar-refractivity contribution is 5.75. The Balaban J connectivity index is 2.81. The van der Waals surface area contributed by atoms with E-state index in [1.54, 1.807) is 18.2 Å². The van der Waals surface area contributed by atoms with Crippen LogP contribution in [0.2, 0.25) is 0 Å². The third-order valence-corrected chi connectivity index (χ3v) is 1.83. The van der Waals surface area contributed by atoms with Crippen LogP contribution in [0.25, 0.3) is 0 Å². The molecule has 5 nitrogen and oxygen atoms in total. The number of nitrogens with one attached hydrogen (secondary N) is 2. The van der Waals surface area contributed by atoms with E-state index in [0.717, 1.165) is 5.56 Å². The number of hydrogen-bond acceptors (Lipinski definition) is 3. The summed E-state index contributed by atoms with van der Waals surface area (Å²) in [4.78, 5) is 21.1. The number of amides is 2. The van der Waals surface area contributed by atoms with Crippen LogP contribution in [0.4, 0.5) is 10.5 Å². The maximum atomic E-state index is 10.9. The Hall–Kier alpha value is -2.04. The first-order valence-corrected chi connectivity index (χ1v) is 4.37. The fourth-order valence-corrected chi connectivity index (χ4v) is 1.08. The predicted molar refractivity (Wildman–Crippen MR) is 55.9 cm³/mol. The molecule has 1 rings (SSSR count). The lowest BCUT2D eigenvalue weighted by Crippen LogP contribution is -2.22. The van der Waals surface area contributed by atoms with Gasteiger partial charge in [0.25, 0.3) is 0 Å². The molecular formula is C10H12N2O3. The highest BCUT2D eigenvalue weighted by atomic mass is 16.5. The molecule has 0 fully saturated rings. The zero-order valence-electron chi connectivity index (χ0n) is 8.53. The smallest absolute Gasteiger partial charge is 0.410 e. The summed E-state index contributed by atoms with van der Waals surface area (Å²) in [7, 11) is 1.48. The van der Waals surface area contributed by atoms with Crippen LogP contribution < -0.4 is 15.4 Å². The molecule has 0 aliphatic rings. The van der Waals surface area contributed by atoms with Crippen LogP contribution in [0.3, 0.4) is 0 Å². The van der Waals surface area contributed by atoms with Crippen molar-refractivity contribution < 1.29 is 14.3 Å². The zero-order chi connectivity index (χ0) is 11.3. The van der Waals surface area contributed by atoms with E-state index in [2.05, 4.69) is 10.6 Å². The lowest BCUT2D eigenvalue weighted by atomic mass is 10.2. The van der Waals surface area contributed by atoms with Crippen molar-refractivity contribution >= 4 is 18.2 Å². The number of carbonyl (C=O) groups excluding carboxylic acids is 2. The number of carbonyl (C=O) groups is 2. The molecule has 2 N–H and O–H groups in total. The number of benzene rings is 1. The third-order valence-electron chi connectivity index (χ3n) is 1.83. The number of hydrogen-bond donors (Lipinski definition) is 2. The summed E-state index contributed by atoms with van der Waals surface area (Å²) in [5, 5.41) is 4.87. The second-order valence-corrected chi connectivity index (χ2v) is 2.88. The van der Waals surface area contributed by atoms with Gasteiger partial charge in [-0.3, -0.25) is 4.79 Å². The van der Waals surface area contributed by atoms with Crippen molar-refractivity contribution in [2.24, 2.45) is 0 Å². The van der Waals surface area contributed by atoms with Gasteiger partial charge in [0.15, 0.2) is 0 Å². The molecule has 0 aliphatic heterocycles. The average Bonchev–Trinajstić information content (AvgIpc) is 2.22. The molecule has 0 atom stereocenters. The van der Waals surface area contributed by atoms with E-state index in [1.807, 2.05) is 6.92 Å². The van der Waals surface area contributed by atoms with Crippen LogP contribution in [0.5, 0.6) is 5.75 Å². The number of rotatable bonds is 3. The molecule has 0 heterocycles. The number of ether oxygens (including phenoxy) is 1. The van der Waals surface area contributed by atoms with Gasteiger partial charge in [-0.1, -0.05) is 0 Å². The Morgan fingerprint density at radius 1 is 1.47 bits per heavy atom. The molecule has 1 aromatic carbocycles. The van der Waals surface area contributed by atoms with Crippen LogP contribution in [0, 0.1) is 6.92 Å².